The Bertz CT molecular complexity index is 1230. The zero-order chi connectivity index (χ0) is 27.8. The molecule has 37 heavy (non-hydrogen) atoms. The lowest BCUT2D eigenvalue weighted by atomic mass is 9.89. The third kappa shape index (κ3) is 8.53. The molecular weight excluding hydrogens is 475 g/mol. The molecule has 3 aromatic rings. The number of ether oxygens (including phenoxy) is 1. The lowest BCUT2D eigenvalue weighted by Crippen LogP contribution is -2.51. The number of carbonyl (C=O) groups excluding carboxylic acids is 3. The molecule has 0 spiro atoms. The number of rotatable bonds is 9. The molecular formula is C29H37FN2O5. The summed E-state index contributed by atoms with van der Waals surface area (Å²) < 4.78 is 18.2. The van der Waals surface area contributed by atoms with Crippen molar-refractivity contribution in [3.05, 3.63) is 70.7 Å². The van der Waals surface area contributed by atoms with Gasteiger partial charge in [0.15, 0.2) is 5.78 Å². The van der Waals surface area contributed by atoms with Gasteiger partial charge >= 0.3 is 5.97 Å². The fourth-order valence-corrected chi connectivity index (χ4v) is 3.76. The highest BCUT2D eigenvalue weighted by molar-refractivity contribution is 6.08. The molecule has 2 aromatic carbocycles. The molecule has 0 fully saturated rings. The van der Waals surface area contributed by atoms with Crippen molar-refractivity contribution in [3.63, 3.8) is 0 Å². The number of aliphatic hydroxyl groups is 1. The zero-order valence-electron chi connectivity index (χ0n) is 22.4. The quantitative estimate of drug-likeness (QED) is 0.271. The first kappa shape index (κ1) is 29.7. The normalized spacial score (nSPS) is 12.5. The molecule has 1 aromatic heterocycles. The fraction of sp³-hybridized carbons (Fsp3) is 0.414. The number of nitrogens with one attached hydrogen (secondary N) is 2. The number of benzene rings is 2. The van der Waals surface area contributed by atoms with E-state index in [-0.39, 0.29) is 30.7 Å². The average molecular weight is 513 g/mol. The van der Waals surface area contributed by atoms with Crippen molar-refractivity contribution in [1.29, 1.82) is 0 Å². The van der Waals surface area contributed by atoms with Crippen LogP contribution in [0, 0.1) is 25.6 Å². The van der Waals surface area contributed by atoms with Gasteiger partial charge in [0.1, 0.15) is 11.5 Å². The molecule has 1 heterocycles. The van der Waals surface area contributed by atoms with Crippen LogP contribution in [0.2, 0.25) is 0 Å². The lowest BCUT2D eigenvalue weighted by molar-refractivity contribution is -0.152. The Morgan fingerprint density at radius 3 is 2.38 bits per heavy atom. The summed E-state index contributed by atoms with van der Waals surface area (Å²) in [6.07, 6.45) is 0.636. The SMILES string of the molecule is CC(=O)C(O)(CCC(C)C)C(=O)NCc1cc(C)cc(F)c1.CCOC(=O)c1cc2cc(C)ccc2[nH]1. The van der Waals surface area contributed by atoms with Crippen molar-refractivity contribution in [2.75, 3.05) is 6.61 Å². The maximum Gasteiger partial charge on any atom is 0.354 e. The van der Waals surface area contributed by atoms with Gasteiger partial charge in [0.05, 0.1) is 6.61 Å². The molecule has 200 valence electrons. The van der Waals surface area contributed by atoms with Crippen molar-refractivity contribution in [2.24, 2.45) is 5.92 Å². The maximum absolute atomic E-state index is 13.3. The van der Waals surface area contributed by atoms with Gasteiger partial charge in [-0.1, -0.05) is 31.5 Å². The van der Waals surface area contributed by atoms with E-state index in [1.54, 1.807) is 19.9 Å². The van der Waals surface area contributed by atoms with Gasteiger partial charge < -0.3 is 20.1 Å². The molecule has 1 unspecified atom stereocenters. The van der Waals surface area contributed by atoms with Gasteiger partial charge in [-0.3, -0.25) is 9.59 Å². The van der Waals surface area contributed by atoms with Crippen LogP contribution in [-0.4, -0.2) is 40.0 Å². The lowest BCUT2D eigenvalue weighted by Gasteiger charge is -2.25. The zero-order valence-corrected chi connectivity index (χ0v) is 22.4. The van der Waals surface area contributed by atoms with Crippen molar-refractivity contribution in [2.45, 2.75) is 66.5 Å². The van der Waals surface area contributed by atoms with E-state index < -0.39 is 17.3 Å². The van der Waals surface area contributed by atoms with Crippen molar-refractivity contribution in [1.82, 2.24) is 10.3 Å². The molecule has 0 aliphatic carbocycles. The van der Waals surface area contributed by atoms with E-state index in [0.29, 0.717) is 24.3 Å². The third-order valence-electron chi connectivity index (χ3n) is 5.87. The smallest absolute Gasteiger partial charge is 0.354 e. The van der Waals surface area contributed by atoms with Crippen LogP contribution in [0.15, 0.2) is 42.5 Å². The third-order valence-corrected chi connectivity index (χ3v) is 5.87. The molecule has 0 aliphatic rings. The van der Waals surface area contributed by atoms with Crippen molar-refractivity contribution >= 4 is 28.6 Å². The highest BCUT2D eigenvalue weighted by Crippen LogP contribution is 2.19. The van der Waals surface area contributed by atoms with E-state index in [1.807, 2.05) is 45.0 Å². The van der Waals surface area contributed by atoms with E-state index in [9.17, 15) is 23.9 Å². The van der Waals surface area contributed by atoms with Gasteiger partial charge in [-0.25, -0.2) is 9.18 Å². The Balaban J connectivity index is 0.000000278. The minimum absolute atomic E-state index is 0.0642. The summed E-state index contributed by atoms with van der Waals surface area (Å²) in [6.45, 7) is 11.1. The first-order valence-electron chi connectivity index (χ1n) is 12.4. The number of carbonyl (C=O) groups is 3. The summed E-state index contributed by atoms with van der Waals surface area (Å²) >= 11 is 0. The second-order valence-corrected chi connectivity index (χ2v) is 9.66. The van der Waals surface area contributed by atoms with Crippen LogP contribution in [0.3, 0.4) is 0 Å². The molecule has 0 radical (unpaired) electrons. The van der Waals surface area contributed by atoms with Gasteiger partial charge in [-0.05, 0) is 87.9 Å². The van der Waals surface area contributed by atoms with Crippen molar-refractivity contribution in [3.8, 4) is 0 Å². The van der Waals surface area contributed by atoms with Crippen LogP contribution in [0.5, 0.6) is 0 Å². The Morgan fingerprint density at radius 2 is 1.78 bits per heavy atom. The average Bonchev–Trinajstić information content (AvgIpc) is 3.24. The number of aryl methyl sites for hydroxylation is 2. The number of aromatic nitrogens is 1. The van der Waals surface area contributed by atoms with E-state index in [0.717, 1.165) is 16.5 Å². The molecule has 1 amide bonds. The molecule has 7 nitrogen and oxygen atoms in total. The van der Waals surface area contributed by atoms with E-state index in [2.05, 4.69) is 10.3 Å². The highest BCUT2D eigenvalue weighted by Gasteiger charge is 2.40. The number of hydrogen-bond acceptors (Lipinski definition) is 5. The Labute approximate surface area is 217 Å². The number of ketones is 1. The van der Waals surface area contributed by atoms with Gasteiger partial charge in [-0.15, -0.1) is 0 Å². The van der Waals surface area contributed by atoms with E-state index >= 15 is 0 Å². The largest absolute Gasteiger partial charge is 0.461 e. The summed E-state index contributed by atoms with van der Waals surface area (Å²) in [5.74, 6) is -1.73. The minimum atomic E-state index is -2.02. The molecule has 3 N–H and O–H groups in total. The number of fused-ring (bicyclic) bond motifs is 1. The number of aromatic amines is 1. The maximum atomic E-state index is 13.3. The number of hydrogen-bond donors (Lipinski definition) is 3. The van der Waals surface area contributed by atoms with Crippen LogP contribution >= 0.6 is 0 Å². The molecule has 0 saturated heterocycles. The van der Waals surface area contributed by atoms with Gasteiger partial charge in [-0.2, -0.15) is 0 Å². The number of H-pyrrole nitrogens is 1. The molecule has 3 rings (SSSR count). The first-order valence-corrected chi connectivity index (χ1v) is 12.4. The second kappa shape index (κ2) is 13.1. The van der Waals surface area contributed by atoms with Gasteiger partial charge in [0.25, 0.3) is 5.91 Å². The summed E-state index contributed by atoms with van der Waals surface area (Å²) in [5.41, 5.74) is 1.96. The van der Waals surface area contributed by atoms with E-state index in [1.165, 1.54) is 24.6 Å². The monoisotopic (exact) mass is 512 g/mol. The van der Waals surface area contributed by atoms with Crippen LogP contribution < -0.4 is 5.32 Å². The van der Waals surface area contributed by atoms with Crippen LogP contribution in [0.4, 0.5) is 4.39 Å². The number of Topliss-reactive ketones (excluding diaryl/α,β-unsaturated/α-hetero) is 1. The Kier molecular flexibility index (Phi) is 10.6. The number of halogens is 1. The molecule has 0 bridgehead atoms. The first-order chi connectivity index (χ1) is 17.3. The second-order valence-electron chi connectivity index (χ2n) is 9.66. The molecule has 8 heteroatoms. The Morgan fingerprint density at radius 1 is 1.08 bits per heavy atom. The number of amides is 1. The predicted molar refractivity (Wildman–Crippen MR) is 142 cm³/mol. The molecule has 0 saturated carbocycles. The summed E-state index contributed by atoms with van der Waals surface area (Å²) in [5, 5.41) is 13.9. The predicted octanol–water partition coefficient (Wildman–Crippen LogP) is 5.16. The summed E-state index contributed by atoms with van der Waals surface area (Å²) in [4.78, 5) is 38.3. The summed E-state index contributed by atoms with van der Waals surface area (Å²) in [7, 11) is 0. The van der Waals surface area contributed by atoms with Crippen LogP contribution in [0.25, 0.3) is 10.9 Å². The molecule has 0 aliphatic heterocycles. The van der Waals surface area contributed by atoms with Crippen LogP contribution in [0.1, 0.15) is 67.7 Å². The summed E-state index contributed by atoms with van der Waals surface area (Å²) in [6, 6.07) is 12.3. The van der Waals surface area contributed by atoms with Gasteiger partial charge in [0, 0.05) is 17.4 Å². The van der Waals surface area contributed by atoms with Crippen molar-refractivity contribution < 1.29 is 28.6 Å². The topological polar surface area (TPSA) is 108 Å². The fourth-order valence-electron chi connectivity index (χ4n) is 3.76. The van der Waals surface area contributed by atoms with Crippen LogP contribution in [-0.2, 0) is 20.9 Å². The highest BCUT2D eigenvalue weighted by atomic mass is 19.1. The Hall–Kier alpha value is -3.52. The van der Waals surface area contributed by atoms with Gasteiger partial charge in [0.2, 0.25) is 5.60 Å². The standard InChI is InChI=1S/C17H24FNO3.C12H13NO2/c1-11(2)5-6-17(22,13(4)20)16(21)19-10-14-7-12(3)8-15(18)9-14;1-3-15-12(14)11-7-9-6-8(2)4-5-10(9)13-11/h7-9,11,22H,5-6,10H2,1-4H3,(H,19,21);4-7,13H,3H2,1-2H3. The van der Waals surface area contributed by atoms with E-state index in [4.69, 9.17) is 4.74 Å². The minimum Gasteiger partial charge on any atom is -0.461 e. The number of esters is 1. The molecule has 1 atom stereocenters.